The summed E-state index contributed by atoms with van der Waals surface area (Å²) in [7, 11) is 0. The third kappa shape index (κ3) is 2.78. The number of nitrogens with one attached hydrogen (secondary N) is 2. The SMILES string of the molecule is O=c1[nH]c(-c2ccc(C3CCNCC3)cc2)nc2ccccc12. The molecule has 4 rings (SSSR count). The number of benzene rings is 2. The summed E-state index contributed by atoms with van der Waals surface area (Å²) >= 11 is 0. The molecule has 4 heteroatoms. The van der Waals surface area contributed by atoms with Crippen LogP contribution in [0.1, 0.15) is 24.3 Å². The lowest BCUT2D eigenvalue weighted by Gasteiger charge is -2.23. The van der Waals surface area contributed by atoms with Gasteiger partial charge in [0.15, 0.2) is 0 Å². The minimum atomic E-state index is -0.0898. The predicted octanol–water partition coefficient (Wildman–Crippen LogP) is 3.06. The number of piperidine rings is 1. The standard InChI is InChI=1S/C19H19N3O/c23-19-16-3-1-2-4-17(16)21-18(22-19)15-7-5-13(6-8-15)14-9-11-20-12-10-14/h1-8,14,20H,9-12H2,(H,21,22,23). The number of nitrogens with zero attached hydrogens (tertiary/aromatic N) is 1. The van der Waals surface area contributed by atoms with Crippen molar-refractivity contribution in [2.75, 3.05) is 13.1 Å². The zero-order valence-electron chi connectivity index (χ0n) is 12.9. The molecule has 23 heavy (non-hydrogen) atoms. The van der Waals surface area contributed by atoms with E-state index in [0.717, 1.165) is 24.2 Å². The molecule has 0 unspecified atom stereocenters. The number of hydrogen-bond acceptors (Lipinski definition) is 3. The van der Waals surface area contributed by atoms with Gasteiger partial charge in [-0.25, -0.2) is 4.98 Å². The van der Waals surface area contributed by atoms with E-state index in [4.69, 9.17) is 0 Å². The number of rotatable bonds is 2. The highest BCUT2D eigenvalue weighted by Gasteiger charge is 2.15. The van der Waals surface area contributed by atoms with Gasteiger partial charge in [-0.05, 0) is 49.5 Å². The van der Waals surface area contributed by atoms with Gasteiger partial charge in [-0.2, -0.15) is 0 Å². The summed E-state index contributed by atoms with van der Waals surface area (Å²) < 4.78 is 0. The zero-order valence-corrected chi connectivity index (χ0v) is 12.9. The highest BCUT2D eigenvalue weighted by molar-refractivity contribution is 5.79. The first-order chi connectivity index (χ1) is 11.3. The lowest BCUT2D eigenvalue weighted by atomic mass is 9.90. The first-order valence-corrected chi connectivity index (χ1v) is 8.11. The number of fused-ring (bicyclic) bond motifs is 1. The van der Waals surface area contributed by atoms with E-state index in [1.165, 1.54) is 18.4 Å². The Bertz CT molecular complexity index is 877. The van der Waals surface area contributed by atoms with Gasteiger partial charge in [0.1, 0.15) is 5.82 Å². The first-order valence-electron chi connectivity index (χ1n) is 8.11. The molecule has 1 saturated heterocycles. The lowest BCUT2D eigenvalue weighted by Crippen LogP contribution is -2.26. The molecule has 2 aromatic carbocycles. The molecular weight excluding hydrogens is 286 g/mol. The second kappa shape index (κ2) is 5.97. The molecule has 1 aliphatic rings. The van der Waals surface area contributed by atoms with Gasteiger partial charge >= 0.3 is 0 Å². The lowest BCUT2D eigenvalue weighted by molar-refractivity contribution is 0.460. The van der Waals surface area contributed by atoms with Crippen molar-refractivity contribution >= 4 is 10.9 Å². The summed E-state index contributed by atoms with van der Waals surface area (Å²) in [6, 6.07) is 15.9. The number of para-hydroxylation sites is 1. The Balaban J connectivity index is 1.69. The molecule has 0 atom stereocenters. The fourth-order valence-corrected chi connectivity index (χ4v) is 3.29. The Morgan fingerprint density at radius 1 is 0.957 bits per heavy atom. The molecule has 0 radical (unpaired) electrons. The number of H-pyrrole nitrogens is 1. The van der Waals surface area contributed by atoms with Gasteiger partial charge in [-0.1, -0.05) is 36.4 Å². The predicted molar refractivity (Wildman–Crippen MR) is 92.6 cm³/mol. The van der Waals surface area contributed by atoms with Gasteiger partial charge in [0.2, 0.25) is 0 Å². The van der Waals surface area contributed by atoms with Crippen molar-refractivity contribution in [1.29, 1.82) is 0 Å². The second-order valence-corrected chi connectivity index (χ2v) is 6.08. The minimum Gasteiger partial charge on any atom is -0.317 e. The number of aromatic nitrogens is 2. The quantitative estimate of drug-likeness (QED) is 0.765. The molecule has 0 aliphatic carbocycles. The van der Waals surface area contributed by atoms with Crippen molar-refractivity contribution in [3.63, 3.8) is 0 Å². The molecule has 1 aromatic heterocycles. The van der Waals surface area contributed by atoms with E-state index in [9.17, 15) is 4.79 Å². The van der Waals surface area contributed by atoms with Crippen LogP contribution in [-0.2, 0) is 0 Å². The molecular formula is C19H19N3O. The fourth-order valence-electron chi connectivity index (χ4n) is 3.29. The van der Waals surface area contributed by atoms with Crippen molar-refractivity contribution in [1.82, 2.24) is 15.3 Å². The van der Waals surface area contributed by atoms with Gasteiger partial charge in [-0.15, -0.1) is 0 Å². The highest BCUT2D eigenvalue weighted by atomic mass is 16.1. The van der Waals surface area contributed by atoms with Crippen LogP contribution in [0.2, 0.25) is 0 Å². The maximum Gasteiger partial charge on any atom is 0.259 e. The summed E-state index contributed by atoms with van der Waals surface area (Å²) in [4.78, 5) is 19.7. The average molecular weight is 305 g/mol. The van der Waals surface area contributed by atoms with E-state index in [-0.39, 0.29) is 5.56 Å². The molecule has 2 N–H and O–H groups in total. The molecule has 0 amide bonds. The maximum absolute atomic E-state index is 12.2. The molecule has 0 saturated carbocycles. The third-order valence-corrected chi connectivity index (χ3v) is 4.61. The summed E-state index contributed by atoms with van der Waals surface area (Å²) in [6.45, 7) is 2.18. The molecule has 0 spiro atoms. The summed E-state index contributed by atoms with van der Waals surface area (Å²) in [5.74, 6) is 1.26. The van der Waals surface area contributed by atoms with Gasteiger partial charge in [0.05, 0.1) is 10.9 Å². The van der Waals surface area contributed by atoms with Crippen LogP contribution >= 0.6 is 0 Å². The fraction of sp³-hybridized carbons (Fsp3) is 0.263. The van der Waals surface area contributed by atoms with Crippen LogP contribution in [-0.4, -0.2) is 23.1 Å². The van der Waals surface area contributed by atoms with E-state index < -0.39 is 0 Å². The molecule has 1 aliphatic heterocycles. The van der Waals surface area contributed by atoms with Crippen molar-refractivity contribution in [2.24, 2.45) is 0 Å². The topological polar surface area (TPSA) is 57.8 Å². The van der Waals surface area contributed by atoms with Crippen molar-refractivity contribution in [3.8, 4) is 11.4 Å². The van der Waals surface area contributed by atoms with Crippen molar-refractivity contribution in [3.05, 3.63) is 64.4 Å². The normalized spacial score (nSPS) is 15.8. The number of aromatic amines is 1. The van der Waals surface area contributed by atoms with Gasteiger partial charge in [0, 0.05) is 5.56 Å². The summed E-state index contributed by atoms with van der Waals surface area (Å²) in [5.41, 5.74) is 2.96. The van der Waals surface area contributed by atoms with Crippen LogP contribution in [0.15, 0.2) is 53.3 Å². The largest absolute Gasteiger partial charge is 0.317 e. The van der Waals surface area contributed by atoms with Crippen LogP contribution in [0.25, 0.3) is 22.3 Å². The van der Waals surface area contributed by atoms with Crippen LogP contribution in [0.5, 0.6) is 0 Å². The monoisotopic (exact) mass is 305 g/mol. The second-order valence-electron chi connectivity index (χ2n) is 6.08. The van der Waals surface area contributed by atoms with E-state index in [1.807, 2.05) is 18.2 Å². The van der Waals surface area contributed by atoms with Crippen molar-refractivity contribution < 1.29 is 0 Å². The molecule has 2 heterocycles. The number of hydrogen-bond donors (Lipinski definition) is 2. The Hall–Kier alpha value is -2.46. The van der Waals surface area contributed by atoms with Gasteiger partial charge in [-0.3, -0.25) is 4.79 Å². The average Bonchev–Trinajstić information content (AvgIpc) is 2.63. The Kier molecular flexibility index (Phi) is 3.67. The Morgan fingerprint density at radius 3 is 2.48 bits per heavy atom. The van der Waals surface area contributed by atoms with E-state index >= 15 is 0 Å². The molecule has 0 bridgehead atoms. The maximum atomic E-state index is 12.2. The smallest absolute Gasteiger partial charge is 0.259 e. The Labute approximate surface area is 134 Å². The van der Waals surface area contributed by atoms with E-state index in [0.29, 0.717) is 17.1 Å². The van der Waals surface area contributed by atoms with Gasteiger partial charge < -0.3 is 10.3 Å². The van der Waals surface area contributed by atoms with Crippen LogP contribution in [0, 0.1) is 0 Å². The molecule has 3 aromatic rings. The highest BCUT2D eigenvalue weighted by Crippen LogP contribution is 2.27. The molecule has 116 valence electrons. The zero-order chi connectivity index (χ0) is 15.6. The Morgan fingerprint density at radius 2 is 1.70 bits per heavy atom. The minimum absolute atomic E-state index is 0.0898. The third-order valence-electron chi connectivity index (χ3n) is 4.61. The van der Waals surface area contributed by atoms with Crippen LogP contribution in [0.4, 0.5) is 0 Å². The molecule has 4 nitrogen and oxygen atoms in total. The first kappa shape index (κ1) is 14.2. The van der Waals surface area contributed by atoms with Crippen LogP contribution < -0.4 is 10.9 Å². The molecule has 1 fully saturated rings. The van der Waals surface area contributed by atoms with E-state index in [1.54, 1.807) is 6.07 Å². The van der Waals surface area contributed by atoms with Crippen molar-refractivity contribution in [2.45, 2.75) is 18.8 Å². The van der Waals surface area contributed by atoms with Gasteiger partial charge in [0.25, 0.3) is 5.56 Å². The van der Waals surface area contributed by atoms with E-state index in [2.05, 4.69) is 39.6 Å². The van der Waals surface area contributed by atoms with Crippen LogP contribution in [0.3, 0.4) is 0 Å². The summed E-state index contributed by atoms with van der Waals surface area (Å²) in [5, 5.41) is 4.02. The summed E-state index contributed by atoms with van der Waals surface area (Å²) in [6.07, 6.45) is 2.37.